The number of benzene rings is 1. The molecule has 0 unspecified atom stereocenters. The van der Waals surface area contributed by atoms with Gasteiger partial charge in [-0.1, -0.05) is 6.07 Å². The summed E-state index contributed by atoms with van der Waals surface area (Å²) in [5.74, 6) is 2.41. The van der Waals surface area contributed by atoms with Crippen LogP contribution in [0.15, 0.2) is 23.2 Å². The minimum absolute atomic E-state index is 0. The summed E-state index contributed by atoms with van der Waals surface area (Å²) in [7, 11) is 3.47. The van der Waals surface area contributed by atoms with Crippen molar-refractivity contribution in [2.24, 2.45) is 4.99 Å². The van der Waals surface area contributed by atoms with Crippen molar-refractivity contribution in [2.45, 2.75) is 25.9 Å². The molecule has 23 heavy (non-hydrogen) atoms. The third-order valence-electron chi connectivity index (χ3n) is 3.60. The van der Waals surface area contributed by atoms with Crippen LogP contribution in [0.2, 0.25) is 0 Å². The number of aliphatic imine (C=N–C) groups is 1. The molecule has 2 rings (SSSR count). The highest BCUT2D eigenvalue weighted by molar-refractivity contribution is 14.0. The summed E-state index contributed by atoms with van der Waals surface area (Å²) in [6.45, 7) is 5.84. The Hall–Kier alpha value is -1.22. The van der Waals surface area contributed by atoms with E-state index < -0.39 is 0 Å². The molecule has 0 bridgehead atoms. The van der Waals surface area contributed by atoms with Gasteiger partial charge in [0.1, 0.15) is 0 Å². The summed E-state index contributed by atoms with van der Waals surface area (Å²) in [5, 5.41) is 6.55. The van der Waals surface area contributed by atoms with Crippen LogP contribution in [0.25, 0.3) is 0 Å². The smallest absolute Gasteiger partial charge is 0.231 e. The number of nitrogens with zero attached hydrogens (tertiary/aromatic N) is 1. The first-order chi connectivity index (χ1) is 10.5. The standard InChI is InChI=1S/C16H25N3O3.HI/c1-16(2,20-4)10-19-15(17-3)18-8-7-12-5-6-13-14(9-12)22-11-21-13;/h5-6,9H,7-8,10-11H2,1-4H3,(H2,17,18,19);1H. The van der Waals surface area contributed by atoms with Crippen molar-refractivity contribution in [3.8, 4) is 11.5 Å². The summed E-state index contributed by atoms with van der Waals surface area (Å²) in [5.41, 5.74) is 0.971. The fourth-order valence-electron chi connectivity index (χ4n) is 2.01. The summed E-state index contributed by atoms with van der Waals surface area (Å²) < 4.78 is 16.1. The highest BCUT2D eigenvalue weighted by atomic mass is 127. The van der Waals surface area contributed by atoms with Crippen molar-refractivity contribution in [1.29, 1.82) is 0 Å². The Labute approximate surface area is 155 Å². The number of methoxy groups -OCH3 is 1. The minimum atomic E-state index is -0.227. The average Bonchev–Trinajstić information content (AvgIpc) is 2.98. The van der Waals surface area contributed by atoms with E-state index in [0.29, 0.717) is 13.3 Å². The van der Waals surface area contributed by atoms with Gasteiger partial charge in [-0.2, -0.15) is 0 Å². The van der Waals surface area contributed by atoms with E-state index in [2.05, 4.69) is 21.7 Å². The van der Waals surface area contributed by atoms with Gasteiger partial charge in [-0.05, 0) is 38.0 Å². The summed E-state index contributed by atoms with van der Waals surface area (Å²) >= 11 is 0. The molecule has 130 valence electrons. The van der Waals surface area contributed by atoms with Gasteiger partial charge in [0, 0.05) is 27.2 Å². The molecule has 0 spiro atoms. The van der Waals surface area contributed by atoms with Crippen LogP contribution in [-0.4, -0.2) is 45.6 Å². The molecule has 6 nitrogen and oxygen atoms in total. The Morgan fingerprint density at radius 3 is 2.70 bits per heavy atom. The second kappa shape index (κ2) is 9.17. The highest BCUT2D eigenvalue weighted by Gasteiger charge is 2.16. The zero-order valence-corrected chi connectivity index (χ0v) is 16.5. The number of hydrogen-bond donors (Lipinski definition) is 2. The van der Waals surface area contributed by atoms with Crippen LogP contribution in [0.1, 0.15) is 19.4 Å². The normalized spacial score (nSPS) is 13.5. The number of rotatable bonds is 6. The van der Waals surface area contributed by atoms with E-state index in [1.165, 1.54) is 5.56 Å². The summed E-state index contributed by atoms with van der Waals surface area (Å²) in [4.78, 5) is 4.21. The Morgan fingerprint density at radius 2 is 2.00 bits per heavy atom. The van der Waals surface area contributed by atoms with Crippen molar-refractivity contribution in [2.75, 3.05) is 34.0 Å². The number of halogens is 1. The molecule has 0 aliphatic carbocycles. The van der Waals surface area contributed by atoms with E-state index in [-0.39, 0.29) is 29.6 Å². The van der Waals surface area contributed by atoms with Crippen molar-refractivity contribution in [3.05, 3.63) is 23.8 Å². The van der Waals surface area contributed by atoms with Crippen LogP contribution in [0, 0.1) is 0 Å². The van der Waals surface area contributed by atoms with Gasteiger partial charge in [-0.15, -0.1) is 24.0 Å². The maximum absolute atomic E-state index is 5.38. The van der Waals surface area contributed by atoms with Crippen LogP contribution in [0.5, 0.6) is 11.5 Å². The van der Waals surface area contributed by atoms with E-state index in [0.717, 1.165) is 30.4 Å². The Bertz CT molecular complexity index is 535. The predicted octanol–water partition coefficient (Wildman–Crippen LogP) is 2.17. The first-order valence-electron chi connectivity index (χ1n) is 7.42. The minimum Gasteiger partial charge on any atom is -0.454 e. The molecular formula is C16H26IN3O3. The lowest BCUT2D eigenvalue weighted by molar-refractivity contribution is 0.0268. The molecule has 1 aliphatic rings. The molecule has 0 saturated heterocycles. The fourth-order valence-corrected chi connectivity index (χ4v) is 2.01. The molecule has 0 radical (unpaired) electrons. The van der Waals surface area contributed by atoms with E-state index in [1.807, 2.05) is 26.0 Å². The van der Waals surface area contributed by atoms with Gasteiger partial charge in [0.15, 0.2) is 17.5 Å². The SMILES string of the molecule is CN=C(NCCc1ccc2c(c1)OCO2)NCC(C)(C)OC.I. The molecule has 0 amide bonds. The lowest BCUT2D eigenvalue weighted by Gasteiger charge is -2.24. The molecule has 0 fully saturated rings. The van der Waals surface area contributed by atoms with Gasteiger partial charge in [0.05, 0.1) is 5.60 Å². The molecular weight excluding hydrogens is 409 g/mol. The number of hydrogen-bond acceptors (Lipinski definition) is 4. The second-order valence-corrected chi connectivity index (χ2v) is 5.75. The fraction of sp³-hybridized carbons (Fsp3) is 0.562. The number of fused-ring (bicyclic) bond motifs is 1. The molecule has 7 heteroatoms. The topological polar surface area (TPSA) is 64.1 Å². The van der Waals surface area contributed by atoms with Crippen LogP contribution in [-0.2, 0) is 11.2 Å². The van der Waals surface area contributed by atoms with E-state index in [1.54, 1.807) is 14.2 Å². The number of ether oxygens (including phenoxy) is 3. The molecule has 0 saturated carbocycles. The lowest BCUT2D eigenvalue weighted by Crippen LogP contribution is -2.45. The number of guanidine groups is 1. The van der Waals surface area contributed by atoms with E-state index in [9.17, 15) is 0 Å². The molecule has 1 aliphatic heterocycles. The number of nitrogens with one attached hydrogen (secondary N) is 2. The summed E-state index contributed by atoms with van der Waals surface area (Å²) in [6, 6.07) is 6.03. The predicted molar refractivity (Wildman–Crippen MR) is 102 cm³/mol. The Morgan fingerprint density at radius 1 is 1.26 bits per heavy atom. The van der Waals surface area contributed by atoms with E-state index in [4.69, 9.17) is 14.2 Å². The van der Waals surface area contributed by atoms with Gasteiger partial charge >= 0.3 is 0 Å². The monoisotopic (exact) mass is 435 g/mol. The van der Waals surface area contributed by atoms with Gasteiger partial charge < -0.3 is 24.8 Å². The first-order valence-corrected chi connectivity index (χ1v) is 7.42. The van der Waals surface area contributed by atoms with Crippen LogP contribution in [0.4, 0.5) is 0 Å². The van der Waals surface area contributed by atoms with E-state index >= 15 is 0 Å². The second-order valence-electron chi connectivity index (χ2n) is 5.75. The highest BCUT2D eigenvalue weighted by Crippen LogP contribution is 2.32. The molecule has 1 heterocycles. The largest absolute Gasteiger partial charge is 0.454 e. The third-order valence-corrected chi connectivity index (χ3v) is 3.60. The summed E-state index contributed by atoms with van der Waals surface area (Å²) in [6.07, 6.45) is 0.880. The zero-order valence-electron chi connectivity index (χ0n) is 14.1. The van der Waals surface area contributed by atoms with Gasteiger partial charge in [0.25, 0.3) is 0 Å². The average molecular weight is 435 g/mol. The van der Waals surface area contributed by atoms with Crippen molar-refractivity contribution < 1.29 is 14.2 Å². The molecule has 1 aromatic rings. The van der Waals surface area contributed by atoms with Crippen molar-refractivity contribution >= 4 is 29.9 Å². The lowest BCUT2D eigenvalue weighted by atomic mass is 10.1. The van der Waals surface area contributed by atoms with Crippen molar-refractivity contribution in [3.63, 3.8) is 0 Å². The maximum Gasteiger partial charge on any atom is 0.231 e. The van der Waals surface area contributed by atoms with Crippen molar-refractivity contribution in [1.82, 2.24) is 10.6 Å². The van der Waals surface area contributed by atoms with Crippen LogP contribution in [0.3, 0.4) is 0 Å². The molecule has 0 aromatic heterocycles. The zero-order chi connectivity index (χ0) is 16.0. The first kappa shape index (κ1) is 19.8. The molecule has 1 aromatic carbocycles. The van der Waals surface area contributed by atoms with Gasteiger partial charge in [-0.25, -0.2) is 0 Å². The van der Waals surface area contributed by atoms with Gasteiger partial charge in [0.2, 0.25) is 6.79 Å². The third kappa shape index (κ3) is 6.06. The van der Waals surface area contributed by atoms with Crippen LogP contribution >= 0.6 is 24.0 Å². The Balaban J connectivity index is 0.00000264. The quantitative estimate of drug-likeness (QED) is 0.408. The molecule has 0 atom stereocenters. The molecule has 2 N–H and O–H groups in total. The maximum atomic E-state index is 5.38. The van der Waals surface area contributed by atoms with Gasteiger partial charge in [-0.3, -0.25) is 4.99 Å². The van der Waals surface area contributed by atoms with Crippen LogP contribution < -0.4 is 20.1 Å². The Kier molecular flexibility index (Phi) is 7.90.